The van der Waals surface area contributed by atoms with E-state index in [0.717, 1.165) is 37.6 Å². The van der Waals surface area contributed by atoms with Crippen LogP contribution < -0.4 is 4.90 Å². The van der Waals surface area contributed by atoms with Gasteiger partial charge in [-0.3, -0.25) is 0 Å². The summed E-state index contributed by atoms with van der Waals surface area (Å²) in [5, 5.41) is 9.40. The average Bonchev–Trinajstić information content (AvgIpc) is 2.30. The van der Waals surface area contributed by atoms with Crippen molar-refractivity contribution in [1.29, 1.82) is 0 Å². The van der Waals surface area contributed by atoms with E-state index in [4.69, 9.17) is 0 Å². The minimum Gasteiger partial charge on any atom is -0.389 e. The third-order valence-electron chi connectivity index (χ3n) is 3.08. The maximum atomic E-state index is 9.40. The minimum absolute atomic E-state index is 0.436. The second-order valence-electron chi connectivity index (χ2n) is 4.42. The number of pyridine rings is 1. The second-order valence-corrected chi connectivity index (χ2v) is 4.42. The Morgan fingerprint density at radius 1 is 1.25 bits per heavy atom. The van der Waals surface area contributed by atoms with Gasteiger partial charge in [0.05, 0.1) is 6.10 Å². The predicted octanol–water partition coefficient (Wildman–Crippen LogP) is 0.887. The molecule has 0 aromatic carbocycles. The van der Waals surface area contributed by atoms with E-state index in [1.807, 2.05) is 12.1 Å². The topological polar surface area (TPSA) is 39.6 Å². The molecule has 4 heteroatoms. The molecule has 88 valence electrons. The third kappa shape index (κ3) is 2.51. The summed E-state index contributed by atoms with van der Waals surface area (Å²) in [6.45, 7) is 5.97. The molecule has 1 saturated heterocycles. The smallest absolute Gasteiger partial charge is 0.128 e. The first-order chi connectivity index (χ1) is 7.66. The number of nitrogens with zero attached hydrogens (tertiary/aromatic N) is 3. The summed E-state index contributed by atoms with van der Waals surface area (Å²) in [6, 6.07) is 3.94. The highest BCUT2D eigenvalue weighted by Gasteiger charge is 2.15. The Morgan fingerprint density at radius 3 is 2.44 bits per heavy atom. The lowest BCUT2D eigenvalue weighted by atomic mass is 10.2. The van der Waals surface area contributed by atoms with Crippen LogP contribution in [-0.4, -0.2) is 48.2 Å². The van der Waals surface area contributed by atoms with E-state index < -0.39 is 6.10 Å². The summed E-state index contributed by atoms with van der Waals surface area (Å²) in [5.74, 6) is 1.01. The van der Waals surface area contributed by atoms with Crippen LogP contribution in [0.4, 0.5) is 5.82 Å². The van der Waals surface area contributed by atoms with Crippen molar-refractivity contribution in [2.45, 2.75) is 13.0 Å². The van der Waals surface area contributed by atoms with E-state index in [-0.39, 0.29) is 0 Å². The van der Waals surface area contributed by atoms with Gasteiger partial charge in [0.1, 0.15) is 5.82 Å². The molecule has 0 spiro atoms. The molecular formula is C12H19N3O. The first kappa shape index (κ1) is 11.4. The molecule has 16 heavy (non-hydrogen) atoms. The van der Waals surface area contributed by atoms with Crippen molar-refractivity contribution in [3.8, 4) is 0 Å². The summed E-state index contributed by atoms with van der Waals surface area (Å²) in [4.78, 5) is 9.00. The molecule has 1 atom stereocenters. The van der Waals surface area contributed by atoms with Crippen molar-refractivity contribution in [3.63, 3.8) is 0 Å². The summed E-state index contributed by atoms with van der Waals surface area (Å²) in [5.41, 5.74) is 0.873. The molecule has 0 radical (unpaired) electrons. The fourth-order valence-electron chi connectivity index (χ4n) is 1.87. The first-order valence-electron chi connectivity index (χ1n) is 5.74. The molecule has 1 aromatic rings. The maximum Gasteiger partial charge on any atom is 0.128 e. The highest BCUT2D eigenvalue weighted by atomic mass is 16.3. The van der Waals surface area contributed by atoms with Gasteiger partial charge in [-0.1, -0.05) is 6.07 Å². The maximum absolute atomic E-state index is 9.40. The zero-order valence-electron chi connectivity index (χ0n) is 9.93. The van der Waals surface area contributed by atoms with E-state index >= 15 is 0 Å². The summed E-state index contributed by atoms with van der Waals surface area (Å²) in [6.07, 6.45) is 1.33. The monoisotopic (exact) mass is 221 g/mol. The van der Waals surface area contributed by atoms with E-state index in [0.29, 0.717) is 0 Å². The summed E-state index contributed by atoms with van der Waals surface area (Å²) >= 11 is 0. The van der Waals surface area contributed by atoms with Crippen LogP contribution in [0.3, 0.4) is 0 Å². The molecule has 2 heterocycles. The Bertz CT molecular complexity index is 329. The van der Waals surface area contributed by atoms with Crippen LogP contribution in [-0.2, 0) is 0 Å². The number of aromatic nitrogens is 1. The van der Waals surface area contributed by atoms with Gasteiger partial charge in [-0.2, -0.15) is 0 Å². The number of hydrogen-bond acceptors (Lipinski definition) is 4. The lowest BCUT2D eigenvalue weighted by Crippen LogP contribution is -2.44. The van der Waals surface area contributed by atoms with Crippen LogP contribution in [0.5, 0.6) is 0 Å². The lowest BCUT2D eigenvalue weighted by molar-refractivity contribution is 0.199. The molecule has 0 amide bonds. The molecule has 0 saturated carbocycles. The largest absolute Gasteiger partial charge is 0.389 e. The number of aliphatic hydroxyl groups excluding tert-OH is 1. The van der Waals surface area contributed by atoms with Crippen LogP contribution in [0.15, 0.2) is 18.3 Å². The van der Waals surface area contributed by atoms with Crippen LogP contribution >= 0.6 is 0 Å². The van der Waals surface area contributed by atoms with Crippen LogP contribution in [0.25, 0.3) is 0 Å². The Balaban J connectivity index is 2.04. The molecule has 1 N–H and O–H groups in total. The number of likely N-dealkylation sites (N-methyl/N-ethyl adjacent to an activating group) is 1. The van der Waals surface area contributed by atoms with Gasteiger partial charge in [-0.15, -0.1) is 0 Å². The summed E-state index contributed by atoms with van der Waals surface area (Å²) < 4.78 is 0. The van der Waals surface area contributed by atoms with Crippen molar-refractivity contribution in [2.24, 2.45) is 0 Å². The molecule has 0 unspecified atom stereocenters. The van der Waals surface area contributed by atoms with Gasteiger partial charge in [-0.25, -0.2) is 4.98 Å². The molecule has 0 aliphatic carbocycles. The molecule has 2 rings (SSSR count). The molecule has 1 aromatic heterocycles. The Hall–Kier alpha value is -1.13. The van der Waals surface area contributed by atoms with Gasteiger partial charge >= 0.3 is 0 Å². The van der Waals surface area contributed by atoms with Gasteiger partial charge in [0.15, 0.2) is 0 Å². The number of rotatable bonds is 2. The normalized spacial score (nSPS) is 19.8. The van der Waals surface area contributed by atoms with E-state index in [9.17, 15) is 5.11 Å². The summed E-state index contributed by atoms with van der Waals surface area (Å²) in [7, 11) is 2.14. The van der Waals surface area contributed by atoms with Crippen molar-refractivity contribution in [1.82, 2.24) is 9.88 Å². The lowest BCUT2D eigenvalue weighted by Gasteiger charge is -2.33. The zero-order valence-corrected chi connectivity index (χ0v) is 9.93. The fraction of sp³-hybridized carbons (Fsp3) is 0.583. The van der Waals surface area contributed by atoms with Crippen LogP contribution in [0.1, 0.15) is 18.6 Å². The number of anilines is 1. The molecule has 1 aliphatic rings. The first-order valence-corrected chi connectivity index (χ1v) is 5.74. The highest BCUT2D eigenvalue weighted by Crippen LogP contribution is 2.16. The van der Waals surface area contributed by atoms with Gasteiger partial charge in [-0.05, 0) is 25.6 Å². The fourth-order valence-corrected chi connectivity index (χ4v) is 1.87. The van der Waals surface area contributed by atoms with E-state index in [1.165, 1.54) is 0 Å². The Kier molecular flexibility index (Phi) is 3.41. The van der Waals surface area contributed by atoms with Gasteiger partial charge < -0.3 is 14.9 Å². The quantitative estimate of drug-likeness (QED) is 0.805. The number of aliphatic hydroxyl groups is 1. The minimum atomic E-state index is -0.436. The van der Waals surface area contributed by atoms with Crippen molar-refractivity contribution in [2.75, 3.05) is 38.1 Å². The van der Waals surface area contributed by atoms with Crippen molar-refractivity contribution >= 4 is 5.82 Å². The number of piperazine rings is 1. The van der Waals surface area contributed by atoms with E-state index in [1.54, 1.807) is 13.1 Å². The Labute approximate surface area is 96.5 Å². The zero-order chi connectivity index (χ0) is 11.5. The van der Waals surface area contributed by atoms with Gasteiger partial charge in [0, 0.05) is 32.4 Å². The third-order valence-corrected chi connectivity index (χ3v) is 3.08. The Morgan fingerprint density at radius 2 is 1.94 bits per heavy atom. The van der Waals surface area contributed by atoms with Gasteiger partial charge in [0.25, 0.3) is 0 Å². The van der Waals surface area contributed by atoms with Crippen molar-refractivity contribution in [3.05, 3.63) is 23.9 Å². The second kappa shape index (κ2) is 4.80. The average molecular weight is 221 g/mol. The molecule has 1 aliphatic heterocycles. The SMILES string of the molecule is C[C@@H](O)c1ccc(N2CCN(C)CC2)nc1. The molecular weight excluding hydrogens is 202 g/mol. The van der Waals surface area contributed by atoms with Crippen LogP contribution in [0, 0.1) is 0 Å². The van der Waals surface area contributed by atoms with Crippen LogP contribution in [0.2, 0.25) is 0 Å². The number of hydrogen-bond donors (Lipinski definition) is 1. The van der Waals surface area contributed by atoms with E-state index in [2.05, 4.69) is 21.8 Å². The predicted molar refractivity (Wildman–Crippen MR) is 64.6 cm³/mol. The highest BCUT2D eigenvalue weighted by molar-refractivity contribution is 5.40. The molecule has 4 nitrogen and oxygen atoms in total. The molecule has 1 fully saturated rings. The van der Waals surface area contributed by atoms with Gasteiger partial charge in [0.2, 0.25) is 0 Å². The van der Waals surface area contributed by atoms with Crippen molar-refractivity contribution < 1.29 is 5.11 Å². The molecule has 0 bridgehead atoms. The standard InChI is InChI=1S/C12H19N3O/c1-10(16)11-3-4-12(13-9-11)15-7-5-14(2)6-8-15/h3-4,9-10,16H,5-8H2,1-2H3/t10-/m1/s1.